The number of carboxylic acids is 1. The molecule has 14 heavy (non-hydrogen) atoms. The largest absolute Gasteiger partial charge is 0.478 e. The molecule has 2 aromatic heterocycles. The maximum Gasteiger partial charge on any atom is 0.337 e. The Morgan fingerprint density at radius 3 is 3.00 bits per heavy atom. The van der Waals surface area contributed by atoms with Gasteiger partial charge in [-0.25, -0.2) is 9.78 Å². The van der Waals surface area contributed by atoms with Gasteiger partial charge in [-0.2, -0.15) is 0 Å². The molecule has 6 heteroatoms. The fourth-order valence-corrected chi connectivity index (χ4v) is 1.27. The van der Waals surface area contributed by atoms with Gasteiger partial charge >= 0.3 is 5.97 Å². The molecule has 2 heterocycles. The number of hydrogen-bond donors (Lipinski definition) is 2. The van der Waals surface area contributed by atoms with E-state index in [4.69, 9.17) is 5.11 Å². The van der Waals surface area contributed by atoms with Gasteiger partial charge in [0, 0.05) is 13.2 Å². The number of rotatable bonds is 1. The normalized spacial score (nSPS) is 10.6. The van der Waals surface area contributed by atoms with Crippen molar-refractivity contribution in [1.82, 2.24) is 14.8 Å². The average molecular weight is 193 g/mol. The zero-order valence-electron chi connectivity index (χ0n) is 7.31. The second-order valence-electron chi connectivity index (χ2n) is 2.90. The second kappa shape index (κ2) is 2.69. The van der Waals surface area contributed by atoms with E-state index in [1.807, 2.05) is 0 Å². The van der Waals surface area contributed by atoms with Crippen LogP contribution in [0.15, 0.2) is 17.1 Å². The highest BCUT2D eigenvalue weighted by molar-refractivity contribution is 5.91. The molecule has 0 radical (unpaired) electrons. The van der Waals surface area contributed by atoms with Crippen molar-refractivity contribution in [3.63, 3.8) is 0 Å². The van der Waals surface area contributed by atoms with Crippen LogP contribution in [0.4, 0.5) is 0 Å². The number of fused-ring (bicyclic) bond motifs is 1. The molecule has 2 rings (SSSR count). The monoisotopic (exact) mass is 193 g/mol. The molecule has 0 aliphatic heterocycles. The van der Waals surface area contributed by atoms with E-state index in [-0.39, 0.29) is 16.5 Å². The quantitative estimate of drug-likeness (QED) is 0.665. The van der Waals surface area contributed by atoms with Crippen molar-refractivity contribution < 1.29 is 9.90 Å². The summed E-state index contributed by atoms with van der Waals surface area (Å²) in [5.74, 6) is -1.09. The summed E-state index contributed by atoms with van der Waals surface area (Å²) in [7, 11) is 1.64. The van der Waals surface area contributed by atoms with Crippen molar-refractivity contribution in [3.8, 4) is 0 Å². The summed E-state index contributed by atoms with van der Waals surface area (Å²) in [4.78, 5) is 25.7. The first-order valence-electron chi connectivity index (χ1n) is 3.87. The average Bonchev–Trinajstić information content (AvgIpc) is 2.42. The fraction of sp³-hybridized carbons (Fsp3) is 0.125. The number of nitrogens with one attached hydrogen (secondary N) is 1. The zero-order chi connectivity index (χ0) is 10.3. The Labute approximate surface area is 77.8 Å². The molecular weight excluding hydrogens is 186 g/mol. The number of H-pyrrole nitrogens is 1. The van der Waals surface area contributed by atoms with Crippen LogP contribution >= 0.6 is 0 Å². The summed E-state index contributed by atoms with van der Waals surface area (Å²) in [6.07, 6.45) is 1.22. The third-order valence-corrected chi connectivity index (χ3v) is 1.95. The van der Waals surface area contributed by atoms with E-state index in [0.717, 1.165) is 0 Å². The van der Waals surface area contributed by atoms with Crippen LogP contribution in [0.25, 0.3) is 11.0 Å². The van der Waals surface area contributed by atoms with Gasteiger partial charge < -0.3 is 5.11 Å². The molecule has 0 aliphatic carbocycles. The molecule has 2 N–H and O–H groups in total. The highest BCUT2D eigenvalue weighted by Crippen LogP contribution is 2.07. The van der Waals surface area contributed by atoms with Crippen LogP contribution in [0, 0.1) is 0 Å². The Bertz CT molecular complexity index is 567. The van der Waals surface area contributed by atoms with Crippen molar-refractivity contribution in [2.45, 2.75) is 0 Å². The Kier molecular flexibility index (Phi) is 1.63. The van der Waals surface area contributed by atoms with Crippen LogP contribution in [0.1, 0.15) is 10.4 Å². The molecule has 0 aliphatic rings. The molecule has 0 spiro atoms. The summed E-state index contributed by atoms with van der Waals surface area (Å²) in [6.45, 7) is 0. The number of carbonyl (C=O) groups is 1. The molecule has 72 valence electrons. The lowest BCUT2D eigenvalue weighted by molar-refractivity contribution is 0.0696. The molecule has 0 amide bonds. The van der Waals surface area contributed by atoms with E-state index in [9.17, 15) is 9.59 Å². The van der Waals surface area contributed by atoms with E-state index >= 15 is 0 Å². The summed E-state index contributed by atoms with van der Waals surface area (Å²) in [5.41, 5.74) is 0.118. The van der Waals surface area contributed by atoms with E-state index in [1.165, 1.54) is 16.9 Å². The van der Waals surface area contributed by atoms with Crippen molar-refractivity contribution in [3.05, 3.63) is 28.2 Å². The van der Waals surface area contributed by atoms with Crippen molar-refractivity contribution in [2.24, 2.45) is 7.05 Å². The smallest absolute Gasteiger partial charge is 0.337 e. The molecule has 0 saturated carbocycles. The fourth-order valence-electron chi connectivity index (χ4n) is 1.27. The van der Waals surface area contributed by atoms with Gasteiger partial charge in [0.05, 0.1) is 10.9 Å². The van der Waals surface area contributed by atoms with Crippen LogP contribution in [0.3, 0.4) is 0 Å². The number of aromatic carboxylic acids is 1. The summed E-state index contributed by atoms with van der Waals surface area (Å²) >= 11 is 0. The zero-order valence-corrected chi connectivity index (χ0v) is 7.31. The molecule has 2 aromatic rings. The SMILES string of the molecule is Cn1[nH]c(=O)c2cc(C(=O)O)cnc21. The van der Waals surface area contributed by atoms with Crippen molar-refractivity contribution in [1.29, 1.82) is 0 Å². The number of nitrogens with zero attached hydrogens (tertiary/aromatic N) is 2. The van der Waals surface area contributed by atoms with Crippen LogP contribution in [0.2, 0.25) is 0 Å². The Hall–Kier alpha value is -2.11. The molecule has 0 fully saturated rings. The Balaban J connectivity index is 2.84. The van der Waals surface area contributed by atoms with Crippen LogP contribution in [0.5, 0.6) is 0 Å². The summed E-state index contributed by atoms with van der Waals surface area (Å²) < 4.78 is 1.45. The summed E-state index contributed by atoms with van der Waals surface area (Å²) in [5, 5.41) is 11.5. The van der Waals surface area contributed by atoms with Gasteiger partial charge in [-0.05, 0) is 6.07 Å². The van der Waals surface area contributed by atoms with Gasteiger partial charge in [0.25, 0.3) is 5.56 Å². The van der Waals surface area contributed by atoms with Crippen LogP contribution in [-0.4, -0.2) is 25.8 Å². The number of pyridine rings is 1. The number of hydrogen-bond acceptors (Lipinski definition) is 3. The molecule has 0 unspecified atom stereocenters. The first-order chi connectivity index (χ1) is 6.59. The molecule has 0 saturated heterocycles. The van der Waals surface area contributed by atoms with Gasteiger partial charge in [-0.1, -0.05) is 0 Å². The molecule has 0 atom stereocenters. The Morgan fingerprint density at radius 2 is 2.36 bits per heavy atom. The number of carboxylic acid groups (broad SMARTS) is 1. The van der Waals surface area contributed by atoms with Gasteiger partial charge in [0.2, 0.25) is 0 Å². The lowest BCUT2D eigenvalue weighted by Gasteiger charge is -1.94. The van der Waals surface area contributed by atoms with Gasteiger partial charge in [0.15, 0.2) is 5.65 Å². The van der Waals surface area contributed by atoms with Crippen molar-refractivity contribution >= 4 is 17.0 Å². The minimum atomic E-state index is -1.09. The highest BCUT2D eigenvalue weighted by Gasteiger charge is 2.09. The third kappa shape index (κ3) is 1.08. The predicted molar refractivity (Wildman–Crippen MR) is 48.3 cm³/mol. The predicted octanol–water partition coefficient (Wildman–Crippen LogP) is -0.0402. The standard InChI is InChI=1S/C8H7N3O3/c1-11-6-5(7(12)10-11)2-4(3-9-6)8(13)14/h2-3H,1H3,(H,10,12)(H,13,14). The third-order valence-electron chi connectivity index (χ3n) is 1.95. The number of aryl methyl sites for hydroxylation is 1. The topological polar surface area (TPSA) is 88.0 Å². The van der Waals surface area contributed by atoms with E-state index in [2.05, 4.69) is 10.1 Å². The highest BCUT2D eigenvalue weighted by atomic mass is 16.4. The lowest BCUT2D eigenvalue weighted by atomic mass is 10.2. The molecule has 0 aromatic carbocycles. The van der Waals surface area contributed by atoms with Gasteiger partial charge in [-0.3, -0.25) is 14.6 Å². The summed E-state index contributed by atoms with van der Waals surface area (Å²) in [6, 6.07) is 1.31. The van der Waals surface area contributed by atoms with E-state index in [1.54, 1.807) is 7.05 Å². The maximum absolute atomic E-state index is 11.3. The first-order valence-corrected chi connectivity index (χ1v) is 3.87. The van der Waals surface area contributed by atoms with Gasteiger partial charge in [-0.15, -0.1) is 0 Å². The maximum atomic E-state index is 11.3. The number of aromatic amines is 1. The molecular formula is C8H7N3O3. The molecule has 0 bridgehead atoms. The lowest BCUT2D eigenvalue weighted by Crippen LogP contribution is -2.02. The van der Waals surface area contributed by atoms with E-state index < -0.39 is 5.97 Å². The minimum absolute atomic E-state index is 0.00852. The second-order valence-corrected chi connectivity index (χ2v) is 2.90. The van der Waals surface area contributed by atoms with Crippen LogP contribution < -0.4 is 5.56 Å². The van der Waals surface area contributed by atoms with Crippen LogP contribution in [-0.2, 0) is 7.05 Å². The van der Waals surface area contributed by atoms with Crippen molar-refractivity contribution in [2.75, 3.05) is 0 Å². The van der Waals surface area contributed by atoms with Gasteiger partial charge in [0.1, 0.15) is 0 Å². The Morgan fingerprint density at radius 1 is 1.64 bits per heavy atom. The van der Waals surface area contributed by atoms with E-state index in [0.29, 0.717) is 5.65 Å². The molecule has 6 nitrogen and oxygen atoms in total. The minimum Gasteiger partial charge on any atom is -0.478 e. The number of aromatic nitrogens is 3. The first kappa shape index (κ1) is 8.49.